The van der Waals surface area contributed by atoms with E-state index in [0.717, 1.165) is 15.6 Å². The van der Waals surface area contributed by atoms with E-state index in [0.29, 0.717) is 5.56 Å². The number of aryl methyl sites for hydroxylation is 1. The highest BCUT2D eigenvalue weighted by molar-refractivity contribution is 9.10. The standard InChI is InChI=1S/C13H10BrCl2NO2S/c1-7-2-3-8(4-11(7)14)10-5-9(15)6-12(13(10)16)20(17,18)19/h2-6H,1H3,(H2,17,18,19). The van der Waals surface area contributed by atoms with E-state index in [2.05, 4.69) is 15.9 Å². The van der Waals surface area contributed by atoms with Gasteiger partial charge in [-0.25, -0.2) is 13.6 Å². The molecule has 0 aliphatic rings. The fourth-order valence-electron chi connectivity index (χ4n) is 1.74. The minimum absolute atomic E-state index is 0.0626. The van der Waals surface area contributed by atoms with Crippen molar-refractivity contribution in [3.63, 3.8) is 0 Å². The molecule has 20 heavy (non-hydrogen) atoms. The van der Waals surface area contributed by atoms with Crippen molar-refractivity contribution >= 4 is 49.2 Å². The van der Waals surface area contributed by atoms with Crippen LogP contribution in [0.1, 0.15) is 5.56 Å². The molecule has 0 fully saturated rings. The first-order chi connectivity index (χ1) is 9.20. The fourth-order valence-corrected chi connectivity index (χ4v) is 3.60. The van der Waals surface area contributed by atoms with Crippen molar-refractivity contribution in [1.82, 2.24) is 0 Å². The number of hydrogen-bond acceptors (Lipinski definition) is 2. The van der Waals surface area contributed by atoms with Gasteiger partial charge in [0.05, 0.1) is 5.02 Å². The first-order valence-electron chi connectivity index (χ1n) is 5.48. The predicted molar refractivity (Wildman–Crippen MR) is 85.7 cm³/mol. The molecule has 0 saturated heterocycles. The summed E-state index contributed by atoms with van der Waals surface area (Å²) in [6.07, 6.45) is 0. The lowest BCUT2D eigenvalue weighted by atomic mass is 10.0. The Morgan fingerprint density at radius 2 is 1.80 bits per heavy atom. The van der Waals surface area contributed by atoms with E-state index in [1.807, 2.05) is 25.1 Å². The minimum Gasteiger partial charge on any atom is -0.225 e. The largest absolute Gasteiger partial charge is 0.239 e. The summed E-state index contributed by atoms with van der Waals surface area (Å²) in [5.74, 6) is 0. The van der Waals surface area contributed by atoms with Gasteiger partial charge in [-0.3, -0.25) is 0 Å². The molecular formula is C13H10BrCl2NO2S. The number of sulfonamides is 1. The molecule has 7 heteroatoms. The molecule has 0 radical (unpaired) electrons. The molecule has 3 nitrogen and oxygen atoms in total. The van der Waals surface area contributed by atoms with Crippen molar-refractivity contribution in [2.45, 2.75) is 11.8 Å². The number of primary sulfonamides is 1. The monoisotopic (exact) mass is 393 g/mol. The summed E-state index contributed by atoms with van der Waals surface area (Å²) in [4.78, 5) is -0.182. The van der Waals surface area contributed by atoms with Crippen molar-refractivity contribution in [1.29, 1.82) is 0 Å². The summed E-state index contributed by atoms with van der Waals surface area (Å²) < 4.78 is 24.0. The van der Waals surface area contributed by atoms with Gasteiger partial charge in [0, 0.05) is 15.1 Å². The van der Waals surface area contributed by atoms with Crippen LogP contribution in [-0.4, -0.2) is 8.42 Å². The average Bonchev–Trinajstić information content (AvgIpc) is 2.34. The Bertz CT molecular complexity index is 791. The van der Waals surface area contributed by atoms with E-state index in [9.17, 15) is 8.42 Å². The molecule has 0 bridgehead atoms. The molecule has 0 heterocycles. The zero-order valence-electron chi connectivity index (χ0n) is 10.3. The molecule has 106 valence electrons. The van der Waals surface area contributed by atoms with Crippen LogP contribution in [-0.2, 0) is 10.0 Å². The lowest BCUT2D eigenvalue weighted by Gasteiger charge is -2.11. The zero-order chi connectivity index (χ0) is 15.1. The van der Waals surface area contributed by atoms with Crippen molar-refractivity contribution in [2.75, 3.05) is 0 Å². The lowest BCUT2D eigenvalue weighted by Crippen LogP contribution is -2.13. The van der Waals surface area contributed by atoms with Gasteiger partial charge in [0.15, 0.2) is 0 Å². The van der Waals surface area contributed by atoms with E-state index in [4.69, 9.17) is 28.3 Å². The van der Waals surface area contributed by atoms with E-state index in [1.54, 1.807) is 6.07 Å². The van der Waals surface area contributed by atoms with Crippen molar-refractivity contribution < 1.29 is 8.42 Å². The summed E-state index contributed by atoms with van der Waals surface area (Å²) >= 11 is 15.5. The predicted octanol–water partition coefficient (Wildman–Crippen LogP) is 4.38. The van der Waals surface area contributed by atoms with E-state index in [1.165, 1.54) is 6.07 Å². The second kappa shape index (κ2) is 5.66. The molecule has 0 unspecified atom stereocenters. The van der Waals surface area contributed by atoms with Crippen LogP contribution in [0, 0.1) is 6.92 Å². The van der Waals surface area contributed by atoms with Gasteiger partial charge in [-0.05, 0) is 36.2 Å². The van der Waals surface area contributed by atoms with E-state index >= 15 is 0 Å². The summed E-state index contributed by atoms with van der Waals surface area (Å²) in [7, 11) is -3.93. The summed E-state index contributed by atoms with van der Waals surface area (Å²) in [5, 5.41) is 5.46. The van der Waals surface area contributed by atoms with Gasteiger partial charge in [0.1, 0.15) is 4.90 Å². The highest BCUT2D eigenvalue weighted by Gasteiger charge is 2.18. The molecule has 0 saturated carbocycles. The van der Waals surface area contributed by atoms with Crippen LogP contribution in [0.2, 0.25) is 10.0 Å². The number of hydrogen-bond donors (Lipinski definition) is 1. The highest BCUT2D eigenvalue weighted by atomic mass is 79.9. The SMILES string of the molecule is Cc1ccc(-c2cc(Cl)cc(S(N)(=O)=O)c2Cl)cc1Br. The molecule has 0 amide bonds. The van der Waals surface area contributed by atoms with Crippen LogP contribution in [0.5, 0.6) is 0 Å². The maximum atomic E-state index is 11.5. The maximum absolute atomic E-state index is 11.5. The topological polar surface area (TPSA) is 60.2 Å². The molecule has 0 aliphatic carbocycles. The van der Waals surface area contributed by atoms with Gasteiger partial charge in [-0.15, -0.1) is 0 Å². The number of benzene rings is 2. The quantitative estimate of drug-likeness (QED) is 0.821. The Kier molecular flexibility index (Phi) is 4.47. The molecule has 2 rings (SSSR count). The Hall–Kier alpha value is -0.590. The summed E-state index contributed by atoms with van der Waals surface area (Å²) in [6.45, 7) is 1.95. The van der Waals surface area contributed by atoms with Crippen LogP contribution in [0.25, 0.3) is 11.1 Å². The molecule has 2 N–H and O–H groups in total. The normalized spacial score (nSPS) is 11.7. The molecule has 2 aromatic carbocycles. The third-order valence-electron chi connectivity index (χ3n) is 2.79. The minimum atomic E-state index is -3.93. The smallest absolute Gasteiger partial charge is 0.225 e. The van der Waals surface area contributed by atoms with Crippen molar-refractivity contribution in [2.24, 2.45) is 5.14 Å². The average molecular weight is 395 g/mol. The molecule has 0 spiro atoms. The molecular weight excluding hydrogens is 385 g/mol. The number of rotatable bonds is 2. The molecule has 0 aromatic heterocycles. The molecule has 0 aliphatic heterocycles. The van der Waals surface area contributed by atoms with Gasteiger partial charge in [0.2, 0.25) is 10.0 Å². The Morgan fingerprint density at radius 3 is 2.35 bits per heavy atom. The van der Waals surface area contributed by atoms with Gasteiger partial charge in [-0.2, -0.15) is 0 Å². The highest BCUT2D eigenvalue weighted by Crippen LogP contribution is 2.37. The second-order valence-corrected chi connectivity index (χ2v) is 7.47. The first-order valence-corrected chi connectivity index (χ1v) is 8.58. The lowest BCUT2D eigenvalue weighted by molar-refractivity contribution is 0.598. The third kappa shape index (κ3) is 3.18. The summed E-state index contributed by atoms with van der Waals surface area (Å²) in [5.41, 5.74) is 2.32. The van der Waals surface area contributed by atoms with E-state index < -0.39 is 10.0 Å². The van der Waals surface area contributed by atoms with Gasteiger partial charge in [0.25, 0.3) is 0 Å². The van der Waals surface area contributed by atoms with Crippen molar-refractivity contribution in [3.05, 3.63) is 50.4 Å². The maximum Gasteiger partial charge on any atom is 0.239 e. The molecule has 2 aromatic rings. The second-order valence-electron chi connectivity index (χ2n) is 4.27. The molecule has 0 atom stereocenters. The number of nitrogens with two attached hydrogens (primary N) is 1. The van der Waals surface area contributed by atoms with Gasteiger partial charge in [-0.1, -0.05) is 51.3 Å². The third-order valence-corrected chi connectivity index (χ3v) is 5.32. The Balaban J connectivity index is 2.75. The fraction of sp³-hybridized carbons (Fsp3) is 0.0769. The Labute approximate surface area is 135 Å². The van der Waals surface area contributed by atoms with Gasteiger partial charge < -0.3 is 0 Å². The van der Waals surface area contributed by atoms with Crippen LogP contribution >= 0.6 is 39.1 Å². The Morgan fingerprint density at radius 1 is 1.15 bits per heavy atom. The van der Waals surface area contributed by atoms with Crippen LogP contribution in [0.4, 0.5) is 0 Å². The van der Waals surface area contributed by atoms with Crippen LogP contribution < -0.4 is 5.14 Å². The van der Waals surface area contributed by atoms with E-state index in [-0.39, 0.29) is 14.9 Å². The number of halogens is 3. The first kappa shape index (κ1) is 15.8. The summed E-state index contributed by atoms with van der Waals surface area (Å²) in [6, 6.07) is 8.43. The zero-order valence-corrected chi connectivity index (χ0v) is 14.2. The van der Waals surface area contributed by atoms with Crippen LogP contribution in [0.3, 0.4) is 0 Å². The van der Waals surface area contributed by atoms with Crippen molar-refractivity contribution in [3.8, 4) is 11.1 Å². The van der Waals surface area contributed by atoms with Gasteiger partial charge >= 0.3 is 0 Å². The van der Waals surface area contributed by atoms with Crippen LogP contribution in [0.15, 0.2) is 39.7 Å².